The van der Waals surface area contributed by atoms with Crippen LogP contribution >= 0.6 is 0 Å². The zero-order valence-corrected chi connectivity index (χ0v) is 11.7. The van der Waals surface area contributed by atoms with Gasteiger partial charge in [-0.05, 0) is 31.0 Å². The maximum Gasteiger partial charge on any atom is 0.253 e. The highest BCUT2D eigenvalue weighted by atomic mass is 16.5. The monoisotopic (exact) mass is 250 g/mol. The largest absolute Gasteiger partial charge is 0.488 e. The number of nitrogens with two attached hydrogens (primary N) is 1. The van der Waals surface area contributed by atoms with Crippen molar-refractivity contribution in [3.8, 4) is 5.75 Å². The quantitative estimate of drug-likeness (QED) is 0.835. The summed E-state index contributed by atoms with van der Waals surface area (Å²) in [5.41, 5.74) is 7.00. The minimum atomic E-state index is -0.0583. The van der Waals surface area contributed by atoms with Crippen LogP contribution in [0, 0.1) is 5.92 Å². The van der Waals surface area contributed by atoms with Crippen molar-refractivity contribution < 1.29 is 9.53 Å². The second-order valence-electron chi connectivity index (χ2n) is 5.02. The number of hydrogen-bond acceptors (Lipinski definition) is 3. The highest BCUT2D eigenvalue weighted by Crippen LogP contribution is 2.25. The molecule has 1 amide bonds. The lowest BCUT2D eigenvalue weighted by Crippen LogP contribution is -2.22. The number of nitrogens with zero attached hydrogens (tertiary/aromatic N) is 1. The molecular weight excluding hydrogens is 228 g/mol. The molecule has 0 spiro atoms. The Hall–Kier alpha value is -1.71. The van der Waals surface area contributed by atoms with Crippen LogP contribution < -0.4 is 10.5 Å². The van der Waals surface area contributed by atoms with E-state index in [1.807, 2.05) is 6.92 Å². The highest BCUT2D eigenvalue weighted by Gasteiger charge is 2.14. The molecule has 1 aromatic carbocycles. The van der Waals surface area contributed by atoms with Gasteiger partial charge < -0.3 is 15.4 Å². The summed E-state index contributed by atoms with van der Waals surface area (Å²) in [7, 11) is 3.44. The zero-order chi connectivity index (χ0) is 13.9. The number of rotatable bonds is 4. The standard InChI is InChI=1S/C14H22N2O2/c1-9(2)10(3)18-13-8-11(6-7-12(13)15)14(17)16(4)5/h6-10H,15H2,1-5H3. The maximum atomic E-state index is 11.9. The summed E-state index contributed by atoms with van der Waals surface area (Å²) >= 11 is 0. The van der Waals surface area contributed by atoms with Gasteiger partial charge in [0.2, 0.25) is 0 Å². The molecule has 0 aliphatic carbocycles. The first-order valence-electron chi connectivity index (χ1n) is 6.10. The number of hydrogen-bond donors (Lipinski definition) is 1. The van der Waals surface area contributed by atoms with E-state index in [-0.39, 0.29) is 12.0 Å². The summed E-state index contributed by atoms with van der Waals surface area (Å²) in [5.74, 6) is 0.901. The van der Waals surface area contributed by atoms with Crippen LogP contribution in [0.25, 0.3) is 0 Å². The van der Waals surface area contributed by atoms with Crippen LogP contribution in [0.1, 0.15) is 31.1 Å². The Labute approximate surface area is 109 Å². The Morgan fingerprint density at radius 3 is 2.39 bits per heavy atom. The fourth-order valence-corrected chi connectivity index (χ4v) is 1.36. The summed E-state index contributed by atoms with van der Waals surface area (Å²) in [6.07, 6.45) is 0.0528. The van der Waals surface area contributed by atoms with Gasteiger partial charge in [-0.2, -0.15) is 0 Å². The van der Waals surface area contributed by atoms with Crippen molar-refractivity contribution in [2.24, 2.45) is 5.92 Å². The predicted octanol–water partition coefficient (Wildman–Crippen LogP) is 2.39. The van der Waals surface area contributed by atoms with Crippen molar-refractivity contribution in [2.75, 3.05) is 19.8 Å². The summed E-state index contributed by atoms with van der Waals surface area (Å²) in [6, 6.07) is 5.13. The lowest BCUT2D eigenvalue weighted by molar-refractivity contribution is 0.0826. The number of anilines is 1. The molecule has 0 aliphatic heterocycles. The second-order valence-corrected chi connectivity index (χ2v) is 5.02. The summed E-state index contributed by atoms with van der Waals surface area (Å²) < 4.78 is 5.78. The van der Waals surface area contributed by atoms with Crippen molar-refractivity contribution in [2.45, 2.75) is 26.9 Å². The summed E-state index contributed by atoms with van der Waals surface area (Å²) in [6.45, 7) is 6.15. The van der Waals surface area contributed by atoms with E-state index in [2.05, 4.69) is 13.8 Å². The van der Waals surface area contributed by atoms with E-state index in [9.17, 15) is 4.79 Å². The van der Waals surface area contributed by atoms with Gasteiger partial charge in [-0.15, -0.1) is 0 Å². The van der Waals surface area contributed by atoms with Crippen molar-refractivity contribution >= 4 is 11.6 Å². The van der Waals surface area contributed by atoms with Crippen LogP contribution in [0.2, 0.25) is 0 Å². The third kappa shape index (κ3) is 3.39. The Balaban J connectivity index is 2.98. The number of carbonyl (C=O) groups excluding carboxylic acids is 1. The molecule has 0 saturated carbocycles. The van der Waals surface area contributed by atoms with Gasteiger partial charge in [-0.3, -0.25) is 4.79 Å². The second kappa shape index (κ2) is 5.76. The van der Waals surface area contributed by atoms with Gasteiger partial charge in [0.15, 0.2) is 0 Å². The molecule has 0 heterocycles. The van der Waals surface area contributed by atoms with Gasteiger partial charge >= 0.3 is 0 Å². The van der Waals surface area contributed by atoms with Gasteiger partial charge in [-0.1, -0.05) is 13.8 Å². The minimum Gasteiger partial charge on any atom is -0.488 e. The molecule has 1 atom stereocenters. The molecule has 0 aromatic heterocycles. The van der Waals surface area contributed by atoms with Gasteiger partial charge in [0.25, 0.3) is 5.91 Å². The molecule has 0 saturated heterocycles. The van der Waals surface area contributed by atoms with E-state index in [0.717, 1.165) is 0 Å². The number of benzene rings is 1. The number of carbonyl (C=O) groups is 1. The van der Waals surface area contributed by atoms with Crippen LogP contribution in [-0.4, -0.2) is 31.0 Å². The molecule has 0 aliphatic rings. The summed E-state index contributed by atoms with van der Waals surface area (Å²) in [5, 5.41) is 0. The fourth-order valence-electron chi connectivity index (χ4n) is 1.36. The third-order valence-electron chi connectivity index (χ3n) is 2.92. The lowest BCUT2D eigenvalue weighted by atomic mass is 10.1. The molecule has 0 bridgehead atoms. The van der Waals surface area contributed by atoms with Gasteiger partial charge in [-0.25, -0.2) is 0 Å². The van der Waals surface area contributed by atoms with Crippen molar-refractivity contribution in [3.05, 3.63) is 23.8 Å². The van der Waals surface area contributed by atoms with E-state index in [1.54, 1.807) is 32.3 Å². The minimum absolute atomic E-state index is 0.0528. The molecule has 4 nitrogen and oxygen atoms in total. The number of nitrogen functional groups attached to an aromatic ring is 1. The van der Waals surface area contributed by atoms with Crippen LogP contribution in [0.5, 0.6) is 5.75 Å². The van der Waals surface area contributed by atoms with E-state index in [0.29, 0.717) is 22.9 Å². The number of amides is 1. The van der Waals surface area contributed by atoms with E-state index in [4.69, 9.17) is 10.5 Å². The summed E-state index contributed by atoms with van der Waals surface area (Å²) in [4.78, 5) is 13.4. The smallest absolute Gasteiger partial charge is 0.253 e. The fraction of sp³-hybridized carbons (Fsp3) is 0.500. The molecule has 18 heavy (non-hydrogen) atoms. The van der Waals surface area contributed by atoms with E-state index in [1.165, 1.54) is 4.90 Å². The Bertz CT molecular complexity index is 428. The van der Waals surface area contributed by atoms with Crippen LogP contribution in [0.15, 0.2) is 18.2 Å². The van der Waals surface area contributed by atoms with E-state index < -0.39 is 0 Å². The average Bonchev–Trinajstić information content (AvgIpc) is 2.30. The molecular formula is C14H22N2O2. The topological polar surface area (TPSA) is 55.6 Å². The molecule has 1 aromatic rings. The SMILES string of the molecule is CC(C)C(C)Oc1cc(C(=O)N(C)C)ccc1N. The van der Waals surface area contributed by atoms with Crippen LogP contribution in [-0.2, 0) is 0 Å². The van der Waals surface area contributed by atoms with Gasteiger partial charge in [0.05, 0.1) is 11.8 Å². The van der Waals surface area contributed by atoms with E-state index >= 15 is 0 Å². The average molecular weight is 250 g/mol. The molecule has 1 unspecified atom stereocenters. The first kappa shape index (κ1) is 14.4. The lowest BCUT2D eigenvalue weighted by Gasteiger charge is -2.20. The molecule has 2 N–H and O–H groups in total. The predicted molar refractivity (Wildman–Crippen MR) is 73.8 cm³/mol. The Kier molecular flexibility index (Phi) is 4.59. The zero-order valence-electron chi connectivity index (χ0n) is 11.7. The first-order valence-corrected chi connectivity index (χ1v) is 6.10. The van der Waals surface area contributed by atoms with Crippen molar-refractivity contribution in [1.29, 1.82) is 0 Å². The van der Waals surface area contributed by atoms with Gasteiger partial charge in [0, 0.05) is 19.7 Å². The molecule has 1 rings (SSSR count). The Morgan fingerprint density at radius 2 is 1.89 bits per heavy atom. The molecule has 0 radical (unpaired) electrons. The molecule has 4 heteroatoms. The maximum absolute atomic E-state index is 11.9. The Morgan fingerprint density at radius 1 is 1.28 bits per heavy atom. The van der Waals surface area contributed by atoms with Crippen molar-refractivity contribution in [3.63, 3.8) is 0 Å². The normalized spacial score (nSPS) is 12.3. The number of ether oxygens (including phenoxy) is 1. The van der Waals surface area contributed by atoms with Gasteiger partial charge in [0.1, 0.15) is 5.75 Å². The van der Waals surface area contributed by atoms with Crippen molar-refractivity contribution in [1.82, 2.24) is 4.90 Å². The first-order chi connectivity index (χ1) is 8.32. The molecule has 0 fully saturated rings. The van der Waals surface area contributed by atoms with Crippen LogP contribution in [0.4, 0.5) is 5.69 Å². The third-order valence-corrected chi connectivity index (χ3v) is 2.92. The highest BCUT2D eigenvalue weighted by molar-refractivity contribution is 5.94. The molecule has 100 valence electrons. The van der Waals surface area contributed by atoms with Crippen LogP contribution in [0.3, 0.4) is 0 Å².